The zero-order valence-corrected chi connectivity index (χ0v) is 5.87. The van der Waals surface area contributed by atoms with Gasteiger partial charge in [-0.15, -0.1) is 0 Å². The second-order valence-corrected chi connectivity index (χ2v) is 2.05. The molecule has 0 saturated carbocycles. The van der Waals surface area contributed by atoms with Gasteiger partial charge in [-0.2, -0.15) is 0 Å². The van der Waals surface area contributed by atoms with Crippen molar-refractivity contribution in [2.45, 2.75) is 6.82 Å². The Labute approximate surface area is 60.5 Å². The van der Waals surface area contributed by atoms with E-state index in [0.29, 0.717) is 0 Å². The average Bonchev–Trinajstić information content (AvgIpc) is 2.04. The number of pyridine rings is 1. The highest BCUT2D eigenvalue weighted by Gasteiger charge is 1.96. The van der Waals surface area contributed by atoms with Gasteiger partial charge < -0.3 is 0 Å². The van der Waals surface area contributed by atoms with Crippen LogP contribution in [0.2, 0.25) is 6.82 Å². The fourth-order valence-electron chi connectivity index (χ4n) is 0.848. The van der Waals surface area contributed by atoms with Crippen molar-refractivity contribution in [3.8, 4) is 0 Å². The van der Waals surface area contributed by atoms with E-state index in [9.17, 15) is 4.79 Å². The van der Waals surface area contributed by atoms with E-state index in [1.165, 1.54) is 0 Å². The Balaban J connectivity index is 3.08. The summed E-state index contributed by atoms with van der Waals surface area (Å²) in [4.78, 5) is 14.3. The van der Waals surface area contributed by atoms with Crippen LogP contribution in [-0.4, -0.2) is 18.5 Å². The second-order valence-electron chi connectivity index (χ2n) is 2.05. The van der Waals surface area contributed by atoms with Crippen molar-refractivity contribution in [1.29, 1.82) is 0 Å². The SMILES string of the molecule is CBc1cnccc1C=O. The number of hydrogen-bond donors (Lipinski definition) is 0. The predicted molar refractivity (Wildman–Crippen MR) is 42.3 cm³/mol. The van der Waals surface area contributed by atoms with Crippen molar-refractivity contribution in [1.82, 2.24) is 4.98 Å². The van der Waals surface area contributed by atoms with Crippen molar-refractivity contribution in [2.75, 3.05) is 0 Å². The molecule has 0 aliphatic rings. The third-order valence-electron chi connectivity index (χ3n) is 1.45. The Kier molecular flexibility index (Phi) is 2.21. The zero-order valence-electron chi connectivity index (χ0n) is 5.87. The van der Waals surface area contributed by atoms with Crippen LogP contribution in [0.25, 0.3) is 0 Å². The summed E-state index contributed by atoms with van der Waals surface area (Å²) in [7, 11) is 0.863. The van der Waals surface area contributed by atoms with Gasteiger partial charge in [0.25, 0.3) is 0 Å². The van der Waals surface area contributed by atoms with Crippen molar-refractivity contribution >= 4 is 19.0 Å². The van der Waals surface area contributed by atoms with E-state index < -0.39 is 0 Å². The van der Waals surface area contributed by atoms with Crippen LogP contribution >= 0.6 is 0 Å². The van der Waals surface area contributed by atoms with Gasteiger partial charge in [0, 0.05) is 18.0 Å². The fourth-order valence-corrected chi connectivity index (χ4v) is 0.848. The van der Waals surface area contributed by atoms with E-state index >= 15 is 0 Å². The Hall–Kier alpha value is -1.12. The number of aromatic nitrogens is 1. The molecular formula is C7H8BNO. The minimum atomic E-state index is 0.748. The van der Waals surface area contributed by atoms with Crippen LogP contribution in [0.3, 0.4) is 0 Å². The Bertz CT molecular complexity index is 237. The normalized spacial score (nSPS) is 8.90. The molecule has 10 heavy (non-hydrogen) atoms. The topological polar surface area (TPSA) is 30.0 Å². The van der Waals surface area contributed by atoms with Crippen molar-refractivity contribution in [3.63, 3.8) is 0 Å². The van der Waals surface area contributed by atoms with Gasteiger partial charge in [0.1, 0.15) is 6.29 Å². The number of carbonyl (C=O) groups is 1. The summed E-state index contributed by atoms with van der Waals surface area (Å²) in [5.74, 6) is 0. The zero-order chi connectivity index (χ0) is 7.40. The smallest absolute Gasteiger partial charge is 0.157 e. The molecule has 2 nitrogen and oxygen atoms in total. The molecule has 0 radical (unpaired) electrons. The third kappa shape index (κ3) is 1.24. The first-order valence-electron chi connectivity index (χ1n) is 3.26. The summed E-state index contributed by atoms with van der Waals surface area (Å²) >= 11 is 0. The molecule has 1 rings (SSSR count). The van der Waals surface area contributed by atoms with Gasteiger partial charge in [0.2, 0.25) is 0 Å². The molecule has 1 aromatic rings. The van der Waals surface area contributed by atoms with Gasteiger partial charge in [0.05, 0.1) is 0 Å². The summed E-state index contributed by atoms with van der Waals surface area (Å²) in [6.45, 7) is 2.00. The van der Waals surface area contributed by atoms with Crippen molar-refractivity contribution in [2.24, 2.45) is 0 Å². The number of carbonyl (C=O) groups excluding carboxylic acids is 1. The monoisotopic (exact) mass is 133 g/mol. The maximum absolute atomic E-state index is 10.4. The molecule has 0 atom stereocenters. The van der Waals surface area contributed by atoms with E-state index in [1.54, 1.807) is 18.5 Å². The van der Waals surface area contributed by atoms with Crippen LogP contribution in [0.1, 0.15) is 10.4 Å². The summed E-state index contributed by atoms with van der Waals surface area (Å²) in [6.07, 6.45) is 4.22. The Morgan fingerprint density at radius 2 is 2.50 bits per heavy atom. The lowest BCUT2D eigenvalue weighted by Gasteiger charge is -1.95. The van der Waals surface area contributed by atoms with E-state index in [4.69, 9.17) is 0 Å². The molecule has 0 spiro atoms. The van der Waals surface area contributed by atoms with Gasteiger partial charge in [0.15, 0.2) is 7.28 Å². The highest BCUT2D eigenvalue weighted by Crippen LogP contribution is 1.86. The number of nitrogens with zero attached hydrogens (tertiary/aromatic N) is 1. The van der Waals surface area contributed by atoms with Gasteiger partial charge >= 0.3 is 0 Å². The van der Waals surface area contributed by atoms with E-state index in [2.05, 4.69) is 4.98 Å². The first kappa shape index (κ1) is 7.00. The first-order chi connectivity index (χ1) is 4.88. The molecule has 3 heteroatoms. The van der Waals surface area contributed by atoms with Gasteiger partial charge in [-0.3, -0.25) is 9.78 Å². The molecule has 0 bridgehead atoms. The summed E-state index contributed by atoms with van der Waals surface area (Å²) in [5.41, 5.74) is 1.76. The third-order valence-corrected chi connectivity index (χ3v) is 1.45. The molecule has 0 amide bonds. The highest BCUT2D eigenvalue weighted by atomic mass is 16.1. The number of rotatable bonds is 2. The quantitative estimate of drug-likeness (QED) is 0.420. The average molecular weight is 133 g/mol. The van der Waals surface area contributed by atoms with Crippen LogP contribution in [0, 0.1) is 0 Å². The van der Waals surface area contributed by atoms with Crippen LogP contribution in [-0.2, 0) is 0 Å². The minimum absolute atomic E-state index is 0.748. The summed E-state index contributed by atoms with van der Waals surface area (Å²) < 4.78 is 0. The van der Waals surface area contributed by atoms with Crippen molar-refractivity contribution < 1.29 is 4.79 Å². The maximum atomic E-state index is 10.4. The van der Waals surface area contributed by atoms with E-state index in [1.807, 2.05) is 6.82 Å². The van der Waals surface area contributed by atoms with E-state index in [-0.39, 0.29) is 0 Å². The standard InChI is InChI=1S/C7H8BNO/c1-8-7-4-9-3-2-6(7)5-10/h2-5,8H,1H3. The predicted octanol–water partition coefficient (Wildman–Crippen LogP) is 0.00400. The van der Waals surface area contributed by atoms with Crippen LogP contribution < -0.4 is 5.46 Å². The maximum Gasteiger partial charge on any atom is 0.157 e. The lowest BCUT2D eigenvalue weighted by molar-refractivity contribution is 0.112. The molecule has 0 saturated heterocycles. The molecule has 0 fully saturated rings. The lowest BCUT2D eigenvalue weighted by atomic mass is 9.72. The summed E-state index contributed by atoms with van der Waals surface area (Å²) in [6, 6.07) is 1.73. The summed E-state index contributed by atoms with van der Waals surface area (Å²) in [5, 5.41) is 0. The van der Waals surface area contributed by atoms with Crippen LogP contribution in [0.15, 0.2) is 18.5 Å². The highest BCUT2D eigenvalue weighted by molar-refractivity contribution is 6.53. The van der Waals surface area contributed by atoms with E-state index in [0.717, 1.165) is 24.6 Å². The van der Waals surface area contributed by atoms with Crippen LogP contribution in [0.4, 0.5) is 0 Å². The number of hydrogen-bond acceptors (Lipinski definition) is 2. The molecule has 0 unspecified atom stereocenters. The van der Waals surface area contributed by atoms with Crippen LogP contribution in [0.5, 0.6) is 0 Å². The molecule has 1 heterocycles. The molecular weight excluding hydrogens is 125 g/mol. The van der Waals surface area contributed by atoms with Gasteiger partial charge in [-0.05, 0) is 6.07 Å². The Morgan fingerprint density at radius 1 is 1.70 bits per heavy atom. The molecule has 0 aliphatic heterocycles. The van der Waals surface area contributed by atoms with Crippen molar-refractivity contribution in [3.05, 3.63) is 24.0 Å². The second kappa shape index (κ2) is 3.15. The minimum Gasteiger partial charge on any atom is -0.298 e. The molecule has 0 N–H and O–H groups in total. The number of aldehydes is 1. The van der Waals surface area contributed by atoms with Gasteiger partial charge in [-0.25, -0.2) is 0 Å². The fraction of sp³-hybridized carbons (Fsp3) is 0.143. The lowest BCUT2D eigenvalue weighted by Crippen LogP contribution is -2.16. The van der Waals surface area contributed by atoms with Gasteiger partial charge in [-0.1, -0.05) is 12.3 Å². The molecule has 50 valence electrons. The Morgan fingerprint density at radius 3 is 3.00 bits per heavy atom. The molecule has 0 aromatic carbocycles. The molecule has 0 aliphatic carbocycles. The first-order valence-corrected chi connectivity index (χ1v) is 3.26. The largest absolute Gasteiger partial charge is 0.298 e. The molecule has 1 aromatic heterocycles.